The second-order valence-electron chi connectivity index (χ2n) is 4.61. The first-order valence-corrected chi connectivity index (χ1v) is 6.35. The fraction of sp³-hybridized carbons (Fsp3) is 0.188. The fourth-order valence-corrected chi connectivity index (χ4v) is 1.94. The van der Waals surface area contributed by atoms with E-state index in [1.807, 2.05) is 0 Å². The lowest BCUT2D eigenvalue weighted by molar-refractivity contribution is -0.137. The van der Waals surface area contributed by atoms with Crippen LogP contribution in [0.2, 0.25) is 0 Å². The molecule has 0 N–H and O–H groups in total. The number of ether oxygens (including phenoxy) is 1. The van der Waals surface area contributed by atoms with Gasteiger partial charge in [-0.15, -0.1) is 0 Å². The molecule has 0 aliphatic carbocycles. The van der Waals surface area contributed by atoms with Gasteiger partial charge in [0, 0.05) is 0 Å². The minimum atomic E-state index is -4.45. The van der Waals surface area contributed by atoms with E-state index in [9.17, 15) is 17.6 Å². The van der Waals surface area contributed by atoms with Gasteiger partial charge in [-0.05, 0) is 36.8 Å². The molecule has 0 saturated carbocycles. The highest BCUT2D eigenvalue weighted by Crippen LogP contribution is 2.32. The van der Waals surface area contributed by atoms with Gasteiger partial charge in [-0.25, -0.2) is 4.39 Å². The van der Waals surface area contributed by atoms with Gasteiger partial charge in [0.15, 0.2) is 0 Å². The molecule has 1 unspecified atom stereocenters. The first-order chi connectivity index (χ1) is 10.3. The van der Waals surface area contributed by atoms with Crippen molar-refractivity contribution in [2.24, 2.45) is 0 Å². The first kappa shape index (κ1) is 15.8. The molecule has 0 aliphatic rings. The van der Waals surface area contributed by atoms with Crippen LogP contribution in [-0.2, 0) is 6.18 Å². The van der Waals surface area contributed by atoms with Crippen LogP contribution in [0.3, 0.4) is 0 Å². The smallest absolute Gasteiger partial charge is 0.416 e. The number of halogens is 4. The Bertz CT molecular complexity index is 719. The van der Waals surface area contributed by atoms with E-state index in [0.29, 0.717) is 0 Å². The maximum absolute atomic E-state index is 13.5. The molecule has 0 radical (unpaired) electrons. The molecule has 114 valence electrons. The third kappa shape index (κ3) is 3.37. The van der Waals surface area contributed by atoms with Gasteiger partial charge < -0.3 is 4.74 Å². The van der Waals surface area contributed by atoms with Crippen LogP contribution in [0.5, 0.6) is 5.75 Å². The molecule has 2 aromatic rings. The Kier molecular flexibility index (Phi) is 4.36. The molecule has 0 fully saturated rings. The van der Waals surface area contributed by atoms with Gasteiger partial charge in [-0.1, -0.05) is 18.2 Å². The highest BCUT2D eigenvalue weighted by molar-refractivity contribution is 5.44. The molecule has 2 nitrogen and oxygen atoms in total. The molecule has 0 aliphatic heterocycles. The number of nitriles is 1. The molecule has 6 heteroatoms. The zero-order valence-electron chi connectivity index (χ0n) is 11.5. The Hall–Kier alpha value is -2.55. The number of nitrogens with zero attached hydrogens (tertiary/aromatic N) is 1. The summed E-state index contributed by atoms with van der Waals surface area (Å²) in [7, 11) is 0. The van der Waals surface area contributed by atoms with Crippen molar-refractivity contribution in [2.75, 3.05) is 0 Å². The second kappa shape index (κ2) is 6.06. The third-order valence-electron chi connectivity index (χ3n) is 3.07. The average Bonchev–Trinajstić information content (AvgIpc) is 2.47. The maximum atomic E-state index is 13.5. The number of rotatable bonds is 3. The zero-order chi connectivity index (χ0) is 16.3. The van der Waals surface area contributed by atoms with E-state index < -0.39 is 23.7 Å². The minimum Gasteiger partial charge on any atom is -0.485 e. The van der Waals surface area contributed by atoms with Crippen LogP contribution >= 0.6 is 0 Å². The van der Waals surface area contributed by atoms with Crippen molar-refractivity contribution >= 4 is 0 Å². The van der Waals surface area contributed by atoms with Crippen LogP contribution in [0.25, 0.3) is 0 Å². The van der Waals surface area contributed by atoms with Gasteiger partial charge in [-0.2, -0.15) is 18.4 Å². The van der Waals surface area contributed by atoms with Crippen LogP contribution in [0.1, 0.15) is 29.7 Å². The van der Waals surface area contributed by atoms with Crippen molar-refractivity contribution in [1.29, 1.82) is 5.26 Å². The molecular weight excluding hydrogens is 298 g/mol. The van der Waals surface area contributed by atoms with Gasteiger partial charge in [0.05, 0.1) is 5.56 Å². The van der Waals surface area contributed by atoms with Crippen molar-refractivity contribution in [3.8, 4) is 11.8 Å². The van der Waals surface area contributed by atoms with E-state index in [1.54, 1.807) is 6.07 Å². The van der Waals surface area contributed by atoms with Crippen molar-refractivity contribution in [3.63, 3.8) is 0 Å². The van der Waals surface area contributed by atoms with Crippen LogP contribution in [0.4, 0.5) is 17.6 Å². The molecule has 2 rings (SSSR count). The number of hydrogen-bond acceptors (Lipinski definition) is 2. The molecule has 0 amide bonds. The summed E-state index contributed by atoms with van der Waals surface area (Å²) >= 11 is 0. The number of benzene rings is 2. The quantitative estimate of drug-likeness (QED) is 0.759. The van der Waals surface area contributed by atoms with Crippen molar-refractivity contribution < 1.29 is 22.3 Å². The lowest BCUT2D eigenvalue weighted by Gasteiger charge is -2.17. The summed E-state index contributed by atoms with van der Waals surface area (Å²) in [6.45, 7) is 1.53. The van der Waals surface area contributed by atoms with E-state index in [4.69, 9.17) is 10.00 Å². The molecule has 0 bridgehead atoms. The lowest BCUT2D eigenvalue weighted by Crippen LogP contribution is -2.09. The van der Waals surface area contributed by atoms with E-state index in [-0.39, 0.29) is 16.9 Å². The molecule has 0 heterocycles. The Morgan fingerprint density at radius 3 is 2.45 bits per heavy atom. The Labute approximate surface area is 124 Å². The van der Waals surface area contributed by atoms with Crippen molar-refractivity contribution in [3.05, 3.63) is 65.0 Å². The third-order valence-corrected chi connectivity index (χ3v) is 3.07. The summed E-state index contributed by atoms with van der Waals surface area (Å²) in [5, 5.41) is 8.91. The van der Waals surface area contributed by atoms with Crippen LogP contribution in [0.15, 0.2) is 42.5 Å². The fourth-order valence-electron chi connectivity index (χ4n) is 1.94. The molecule has 22 heavy (non-hydrogen) atoms. The monoisotopic (exact) mass is 309 g/mol. The van der Waals surface area contributed by atoms with E-state index in [2.05, 4.69) is 0 Å². The molecule has 0 saturated heterocycles. The van der Waals surface area contributed by atoms with E-state index in [0.717, 1.165) is 18.2 Å². The Morgan fingerprint density at radius 1 is 1.14 bits per heavy atom. The molecule has 0 aromatic heterocycles. The lowest BCUT2D eigenvalue weighted by atomic mass is 10.1. The standard InChI is InChI=1S/C16H11F4NO/c1-10(11-4-2-5-12(8-11)16(18,19)20)22-15-7-3-6-14(17)13(15)9-21/h2-8,10H,1H3. The van der Waals surface area contributed by atoms with Gasteiger partial charge in [0.1, 0.15) is 29.3 Å². The molecular formula is C16H11F4NO. The van der Waals surface area contributed by atoms with Gasteiger partial charge in [0.25, 0.3) is 0 Å². The Balaban J connectivity index is 2.29. The van der Waals surface area contributed by atoms with Gasteiger partial charge in [0.2, 0.25) is 0 Å². The van der Waals surface area contributed by atoms with Crippen LogP contribution in [0, 0.1) is 17.1 Å². The summed E-state index contributed by atoms with van der Waals surface area (Å²) in [5.41, 5.74) is -0.787. The molecule has 1 atom stereocenters. The molecule has 2 aromatic carbocycles. The highest BCUT2D eigenvalue weighted by atomic mass is 19.4. The topological polar surface area (TPSA) is 33.0 Å². The van der Waals surface area contributed by atoms with Crippen LogP contribution in [-0.4, -0.2) is 0 Å². The predicted octanol–water partition coefficient (Wildman–Crippen LogP) is 4.86. The summed E-state index contributed by atoms with van der Waals surface area (Å²) in [6.07, 6.45) is -5.22. The number of alkyl halides is 3. The maximum Gasteiger partial charge on any atom is 0.416 e. The minimum absolute atomic E-state index is 0.00703. The first-order valence-electron chi connectivity index (χ1n) is 6.35. The van der Waals surface area contributed by atoms with E-state index >= 15 is 0 Å². The second-order valence-corrected chi connectivity index (χ2v) is 4.61. The largest absolute Gasteiger partial charge is 0.485 e. The molecule has 0 spiro atoms. The summed E-state index contributed by atoms with van der Waals surface area (Å²) in [5.74, 6) is -0.747. The zero-order valence-corrected chi connectivity index (χ0v) is 11.5. The van der Waals surface area contributed by atoms with Gasteiger partial charge in [-0.3, -0.25) is 0 Å². The normalized spacial score (nSPS) is 12.5. The highest BCUT2D eigenvalue weighted by Gasteiger charge is 2.30. The van der Waals surface area contributed by atoms with Crippen molar-refractivity contribution in [2.45, 2.75) is 19.2 Å². The predicted molar refractivity (Wildman–Crippen MR) is 71.6 cm³/mol. The Morgan fingerprint density at radius 2 is 1.82 bits per heavy atom. The van der Waals surface area contributed by atoms with Crippen molar-refractivity contribution in [1.82, 2.24) is 0 Å². The van der Waals surface area contributed by atoms with E-state index in [1.165, 1.54) is 31.2 Å². The van der Waals surface area contributed by atoms with Crippen LogP contribution < -0.4 is 4.74 Å². The SMILES string of the molecule is CC(Oc1cccc(F)c1C#N)c1cccc(C(F)(F)F)c1. The average molecular weight is 309 g/mol. The summed E-state index contributed by atoms with van der Waals surface area (Å²) in [6, 6.07) is 10.2. The summed E-state index contributed by atoms with van der Waals surface area (Å²) in [4.78, 5) is 0. The summed E-state index contributed by atoms with van der Waals surface area (Å²) < 4.78 is 57.0. The van der Waals surface area contributed by atoms with Gasteiger partial charge >= 0.3 is 6.18 Å². The number of hydrogen-bond donors (Lipinski definition) is 0.